The zero-order chi connectivity index (χ0) is 12.7. The van der Waals surface area contributed by atoms with Crippen molar-refractivity contribution < 1.29 is 14.6 Å². The van der Waals surface area contributed by atoms with E-state index < -0.39 is 5.97 Å². The first-order valence-corrected chi connectivity index (χ1v) is 6.74. The van der Waals surface area contributed by atoms with Crippen molar-refractivity contribution in [2.45, 2.75) is 58.1 Å². The Balaban J connectivity index is 2.26. The molecule has 0 radical (unpaired) electrons. The molecule has 1 saturated heterocycles. The first-order valence-electron chi connectivity index (χ1n) is 6.74. The average Bonchev–Trinajstić information content (AvgIpc) is 2.34. The highest BCUT2D eigenvalue weighted by atomic mass is 16.5. The number of hydrogen-bond donors (Lipinski definition) is 1. The van der Waals surface area contributed by atoms with E-state index in [0.29, 0.717) is 6.04 Å². The molecule has 0 amide bonds. The fourth-order valence-electron chi connectivity index (χ4n) is 2.57. The van der Waals surface area contributed by atoms with Crippen molar-refractivity contribution in [3.8, 4) is 0 Å². The lowest BCUT2D eigenvalue weighted by Gasteiger charge is -2.37. The van der Waals surface area contributed by atoms with Crippen molar-refractivity contribution in [3.05, 3.63) is 0 Å². The fraction of sp³-hybridized carbons (Fsp3) is 0.923. The number of rotatable bonds is 7. The second-order valence-electron chi connectivity index (χ2n) is 4.79. The highest BCUT2D eigenvalue weighted by molar-refractivity contribution is 5.68. The number of nitrogens with zero attached hydrogens (tertiary/aromatic N) is 1. The zero-order valence-electron chi connectivity index (χ0n) is 11.0. The summed E-state index contributed by atoms with van der Waals surface area (Å²) in [7, 11) is 0. The molecule has 1 unspecified atom stereocenters. The van der Waals surface area contributed by atoms with E-state index in [1.165, 1.54) is 19.3 Å². The number of ether oxygens (including phenoxy) is 1. The molecular formula is C13H25NO3. The van der Waals surface area contributed by atoms with Gasteiger partial charge in [0.2, 0.25) is 0 Å². The molecule has 1 aliphatic heterocycles. The van der Waals surface area contributed by atoms with Crippen LogP contribution >= 0.6 is 0 Å². The van der Waals surface area contributed by atoms with Crippen LogP contribution < -0.4 is 0 Å². The Morgan fingerprint density at radius 3 is 2.53 bits per heavy atom. The van der Waals surface area contributed by atoms with Gasteiger partial charge in [-0.05, 0) is 25.7 Å². The Bertz CT molecular complexity index is 225. The molecule has 4 nitrogen and oxygen atoms in total. The number of carboxylic acids is 1. The minimum absolute atomic E-state index is 0.140. The highest BCUT2D eigenvalue weighted by Gasteiger charge is 2.24. The molecule has 0 aliphatic carbocycles. The fourth-order valence-corrected chi connectivity index (χ4v) is 2.57. The van der Waals surface area contributed by atoms with E-state index in [-0.39, 0.29) is 12.7 Å². The van der Waals surface area contributed by atoms with Crippen molar-refractivity contribution in [2.24, 2.45) is 0 Å². The van der Waals surface area contributed by atoms with E-state index in [1.807, 2.05) is 0 Å². The van der Waals surface area contributed by atoms with Crippen LogP contribution in [0.4, 0.5) is 0 Å². The zero-order valence-corrected chi connectivity index (χ0v) is 11.0. The van der Waals surface area contributed by atoms with Crippen molar-refractivity contribution in [1.29, 1.82) is 0 Å². The summed E-state index contributed by atoms with van der Waals surface area (Å²) in [4.78, 5) is 12.9. The maximum absolute atomic E-state index is 10.4. The lowest BCUT2D eigenvalue weighted by Crippen LogP contribution is -2.43. The van der Waals surface area contributed by atoms with E-state index in [4.69, 9.17) is 9.84 Å². The molecule has 0 spiro atoms. The number of carboxylic acid groups (broad SMARTS) is 1. The monoisotopic (exact) mass is 243 g/mol. The normalized spacial score (nSPS) is 20.4. The topological polar surface area (TPSA) is 49.8 Å². The molecule has 100 valence electrons. The quantitative estimate of drug-likeness (QED) is 0.744. The van der Waals surface area contributed by atoms with Gasteiger partial charge in [0.25, 0.3) is 0 Å². The van der Waals surface area contributed by atoms with Crippen LogP contribution in [0.3, 0.4) is 0 Å². The van der Waals surface area contributed by atoms with Gasteiger partial charge in [0, 0.05) is 19.1 Å². The number of aliphatic carboxylic acids is 1. The van der Waals surface area contributed by atoms with Gasteiger partial charge >= 0.3 is 5.97 Å². The molecule has 1 N–H and O–H groups in total. The minimum atomic E-state index is -0.871. The number of carbonyl (C=O) groups is 1. The maximum Gasteiger partial charge on any atom is 0.329 e. The summed E-state index contributed by atoms with van der Waals surface area (Å²) in [5, 5.41) is 8.56. The van der Waals surface area contributed by atoms with Gasteiger partial charge in [0.15, 0.2) is 0 Å². The molecule has 0 aromatic carbocycles. The second-order valence-corrected chi connectivity index (χ2v) is 4.79. The molecule has 1 rings (SSSR count). The van der Waals surface area contributed by atoms with Crippen molar-refractivity contribution in [1.82, 2.24) is 4.90 Å². The van der Waals surface area contributed by atoms with Crippen LogP contribution in [0.1, 0.15) is 46.0 Å². The predicted molar refractivity (Wildman–Crippen MR) is 67.2 cm³/mol. The minimum Gasteiger partial charge on any atom is -0.480 e. The lowest BCUT2D eigenvalue weighted by atomic mass is 10.0. The third-order valence-electron chi connectivity index (χ3n) is 3.53. The Morgan fingerprint density at radius 2 is 2.06 bits per heavy atom. The Hall–Kier alpha value is -0.610. The van der Waals surface area contributed by atoms with Gasteiger partial charge in [0.1, 0.15) is 6.61 Å². The van der Waals surface area contributed by atoms with E-state index in [1.54, 1.807) is 0 Å². The third kappa shape index (κ3) is 5.04. The molecule has 1 atom stereocenters. The largest absolute Gasteiger partial charge is 0.480 e. The first-order chi connectivity index (χ1) is 8.17. The summed E-state index contributed by atoms with van der Waals surface area (Å²) < 4.78 is 5.34. The van der Waals surface area contributed by atoms with Crippen LogP contribution in [0.2, 0.25) is 0 Å². The molecule has 4 heteroatoms. The van der Waals surface area contributed by atoms with Crippen LogP contribution in [0, 0.1) is 0 Å². The van der Waals surface area contributed by atoms with Crippen LogP contribution in [0.5, 0.6) is 0 Å². The Morgan fingerprint density at radius 1 is 1.41 bits per heavy atom. The molecule has 0 saturated carbocycles. The van der Waals surface area contributed by atoms with Crippen LogP contribution in [0.25, 0.3) is 0 Å². The molecule has 0 bridgehead atoms. The lowest BCUT2D eigenvalue weighted by molar-refractivity contribution is -0.145. The van der Waals surface area contributed by atoms with E-state index >= 15 is 0 Å². The van der Waals surface area contributed by atoms with Gasteiger partial charge in [-0.3, -0.25) is 0 Å². The SMILES string of the molecule is CCCC(CC)N1CCC(OCC(=O)O)CC1. The van der Waals surface area contributed by atoms with Crippen LogP contribution in [0.15, 0.2) is 0 Å². The second kappa shape index (κ2) is 7.67. The molecule has 1 heterocycles. The smallest absolute Gasteiger partial charge is 0.329 e. The molecular weight excluding hydrogens is 218 g/mol. The van der Waals surface area contributed by atoms with Gasteiger partial charge in [-0.2, -0.15) is 0 Å². The van der Waals surface area contributed by atoms with Gasteiger partial charge in [-0.15, -0.1) is 0 Å². The molecule has 1 fully saturated rings. The average molecular weight is 243 g/mol. The molecule has 0 aromatic heterocycles. The van der Waals surface area contributed by atoms with Gasteiger partial charge in [-0.1, -0.05) is 20.3 Å². The van der Waals surface area contributed by atoms with E-state index in [9.17, 15) is 4.79 Å². The van der Waals surface area contributed by atoms with Crippen molar-refractivity contribution in [3.63, 3.8) is 0 Å². The van der Waals surface area contributed by atoms with Crippen molar-refractivity contribution in [2.75, 3.05) is 19.7 Å². The van der Waals surface area contributed by atoms with Gasteiger partial charge < -0.3 is 14.7 Å². The summed E-state index contributed by atoms with van der Waals surface area (Å²) >= 11 is 0. The van der Waals surface area contributed by atoms with Crippen molar-refractivity contribution >= 4 is 5.97 Å². The van der Waals surface area contributed by atoms with Gasteiger partial charge in [-0.25, -0.2) is 4.79 Å². The summed E-state index contributed by atoms with van der Waals surface area (Å²) in [5.74, 6) is -0.871. The highest BCUT2D eigenvalue weighted by Crippen LogP contribution is 2.19. The van der Waals surface area contributed by atoms with Crippen LogP contribution in [-0.4, -0.2) is 47.8 Å². The number of hydrogen-bond acceptors (Lipinski definition) is 3. The van der Waals surface area contributed by atoms with E-state index in [2.05, 4.69) is 18.7 Å². The standard InChI is InChI=1S/C13H25NO3/c1-3-5-11(4-2)14-8-6-12(7-9-14)17-10-13(15)16/h11-12H,3-10H2,1-2H3,(H,15,16). The number of likely N-dealkylation sites (tertiary alicyclic amines) is 1. The summed E-state index contributed by atoms with van der Waals surface area (Å²) in [6.07, 6.45) is 5.77. The third-order valence-corrected chi connectivity index (χ3v) is 3.53. The predicted octanol–water partition coefficient (Wildman–Crippen LogP) is 2.13. The summed E-state index contributed by atoms with van der Waals surface area (Å²) in [6.45, 7) is 6.40. The molecule has 0 aromatic rings. The summed E-state index contributed by atoms with van der Waals surface area (Å²) in [6, 6.07) is 0.695. The van der Waals surface area contributed by atoms with E-state index in [0.717, 1.165) is 25.9 Å². The maximum atomic E-state index is 10.4. The van der Waals surface area contributed by atoms with Crippen LogP contribution in [-0.2, 0) is 9.53 Å². The Kier molecular flexibility index (Phi) is 6.52. The first kappa shape index (κ1) is 14.5. The molecule has 17 heavy (non-hydrogen) atoms. The Labute approximate surface area is 104 Å². The summed E-state index contributed by atoms with van der Waals surface area (Å²) in [5.41, 5.74) is 0. The molecule has 1 aliphatic rings. The van der Waals surface area contributed by atoms with Gasteiger partial charge in [0.05, 0.1) is 6.10 Å². The number of piperidine rings is 1.